The summed E-state index contributed by atoms with van der Waals surface area (Å²) >= 11 is 11.9. The number of nitrogens with one attached hydrogen (secondary N) is 1. The summed E-state index contributed by atoms with van der Waals surface area (Å²) in [6.07, 6.45) is 1.15. The molecule has 2 aromatic rings. The number of H-pyrrole nitrogens is 1. The number of carboxylic acid groups (broad SMARTS) is 1. The predicted molar refractivity (Wildman–Crippen MR) is 73.9 cm³/mol. The van der Waals surface area contributed by atoms with Gasteiger partial charge in [0.15, 0.2) is 0 Å². The van der Waals surface area contributed by atoms with E-state index in [0.29, 0.717) is 21.2 Å². The summed E-state index contributed by atoms with van der Waals surface area (Å²) in [5.74, 6) is -1.06. The van der Waals surface area contributed by atoms with Gasteiger partial charge in [-0.15, -0.1) is 0 Å². The van der Waals surface area contributed by atoms with E-state index in [1.54, 1.807) is 18.2 Å². The molecule has 6 heteroatoms. The summed E-state index contributed by atoms with van der Waals surface area (Å²) < 4.78 is 0. The van der Waals surface area contributed by atoms with E-state index in [2.05, 4.69) is 4.98 Å². The van der Waals surface area contributed by atoms with Crippen LogP contribution < -0.4 is 5.56 Å². The number of carboxylic acids is 1. The fourth-order valence-electron chi connectivity index (χ4n) is 1.70. The van der Waals surface area contributed by atoms with Gasteiger partial charge >= 0.3 is 5.97 Å². The lowest BCUT2D eigenvalue weighted by molar-refractivity contribution is -0.136. The Kier molecular flexibility index (Phi) is 3.93. The highest BCUT2D eigenvalue weighted by Crippen LogP contribution is 2.29. The molecule has 0 amide bonds. The first kappa shape index (κ1) is 13.6. The van der Waals surface area contributed by atoms with E-state index in [-0.39, 0.29) is 12.0 Å². The van der Waals surface area contributed by atoms with Crippen LogP contribution in [0.3, 0.4) is 0 Å². The van der Waals surface area contributed by atoms with Gasteiger partial charge in [-0.1, -0.05) is 29.3 Å². The molecule has 1 aromatic carbocycles. The van der Waals surface area contributed by atoms with E-state index in [9.17, 15) is 9.59 Å². The molecular formula is C13H9Cl2NO3. The largest absolute Gasteiger partial charge is 0.481 e. The van der Waals surface area contributed by atoms with Gasteiger partial charge < -0.3 is 10.1 Å². The van der Waals surface area contributed by atoms with Crippen molar-refractivity contribution >= 4 is 29.2 Å². The van der Waals surface area contributed by atoms with Crippen molar-refractivity contribution in [2.45, 2.75) is 6.42 Å². The standard InChI is InChI=1S/C13H9Cl2NO3/c14-9-1-2-10(11(15)5-9)8-3-7(4-12(17)18)13(19)16-6-8/h1-3,5-6H,4H2,(H,16,19)(H,17,18). The van der Waals surface area contributed by atoms with E-state index in [0.717, 1.165) is 0 Å². The van der Waals surface area contributed by atoms with E-state index >= 15 is 0 Å². The third-order valence-corrected chi connectivity index (χ3v) is 3.11. The van der Waals surface area contributed by atoms with Crippen LogP contribution in [-0.2, 0) is 11.2 Å². The lowest BCUT2D eigenvalue weighted by atomic mass is 10.0. The average Bonchev–Trinajstić information content (AvgIpc) is 2.32. The van der Waals surface area contributed by atoms with Crippen molar-refractivity contribution in [1.29, 1.82) is 0 Å². The molecule has 1 aromatic heterocycles. The molecule has 0 fully saturated rings. The third kappa shape index (κ3) is 3.16. The summed E-state index contributed by atoms with van der Waals surface area (Å²) in [5, 5.41) is 9.68. The van der Waals surface area contributed by atoms with Crippen LogP contribution in [0, 0.1) is 0 Å². The van der Waals surface area contributed by atoms with Crippen LogP contribution in [0.15, 0.2) is 35.3 Å². The summed E-state index contributed by atoms with van der Waals surface area (Å²) in [7, 11) is 0. The molecule has 0 aliphatic rings. The van der Waals surface area contributed by atoms with Crippen molar-refractivity contribution in [2.24, 2.45) is 0 Å². The summed E-state index contributed by atoms with van der Waals surface area (Å²) in [5.41, 5.74) is 1.07. The maximum Gasteiger partial charge on any atom is 0.308 e. The second-order valence-electron chi connectivity index (χ2n) is 3.94. The van der Waals surface area contributed by atoms with Crippen LogP contribution >= 0.6 is 23.2 Å². The van der Waals surface area contributed by atoms with Crippen LogP contribution in [0.25, 0.3) is 11.1 Å². The monoisotopic (exact) mass is 297 g/mol. The maximum absolute atomic E-state index is 11.5. The number of hydrogen-bond acceptors (Lipinski definition) is 2. The number of aromatic nitrogens is 1. The van der Waals surface area contributed by atoms with E-state index in [1.165, 1.54) is 12.3 Å². The molecular weight excluding hydrogens is 289 g/mol. The Bertz CT molecular complexity index is 695. The van der Waals surface area contributed by atoms with Gasteiger partial charge in [0.25, 0.3) is 5.56 Å². The van der Waals surface area contributed by atoms with Crippen LogP contribution in [0.1, 0.15) is 5.56 Å². The molecule has 0 unspecified atom stereocenters. The number of aromatic amines is 1. The molecule has 2 rings (SSSR count). The van der Waals surface area contributed by atoms with Crippen molar-refractivity contribution in [3.8, 4) is 11.1 Å². The smallest absolute Gasteiger partial charge is 0.308 e. The quantitative estimate of drug-likeness (QED) is 0.915. The Balaban J connectivity index is 2.51. The molecule has 4 nitrogen and oxygen atoms in total. The number of halogens is 2. The minimum absolute atomic E-state index is 0.177. The van der Waals surface area contributed by atoms with Gasteiger partial charge in [0.1, 0.15) is 0 Å². The Morgan fingerprint density at radius 2 is 2.00 bits per heavy atom. The Morgan fingerprint density at radius 1 is 1.26 bits per heavy atom. The number of pyridine rings is 1. The molecule has 0 aliphatic carbocycles. The minimum atomic E-state index is -1.06. The molecule has 19 heavy (non-hydrogen) atoms. The second-order valence-corrected chi connectivity index (χ2v) is 4.78. The van der Waals surface area contributed by atoms with Gasteiger partial charge in [-0.2, -0.15) is 0 Å². The van der Waals surface area contributed by atoms with Crippen LogP contribution in [0.4, 0.5) is 0 Å². The number of aliphatic carboxylic acids is 1. The number of benzene rings is 1. The normalized spacial score (nSPS) is 10.4. The van der Waals surface area contributed by atoms with Crippen LogP contribution in [-0.4, -0.2) is 16.1 Å². The molecule has 98 valence electrons. The molecule has 0 aliphatic heterocycles. The van der Waals surface area contributed by atoms with Crippen molar-refractivity contribution in [1.82, 2.24) is 4.98 Å². The molecule has 0 bridgehead atoms. The highest BCUT2D eigenvalue weighted by atomic mass is 35.5. The van der Waals surface area contributed by atoms with Crippen LogP contribution in [0.5, 0.6) is 0 Å². The summed E-state index contributed by atoms with van der Waals surface area (Å²) in [4.78, 5) is 24.7. The van der Waals surface area contributed by atoms with Gasteiger partial charge in [-0.3, -0.25) is 9.59 Å². The van der Waals surface area contributed by atoms with Crippen LogP contribution in [0.2, 0.25) is 10.0 Å². The highest BCUT2D eigenvalue weighted by molar-refractivity contribution is 6.36. The first-order chi connectivity index (χ1) is 8.97. The molecule has 0 spiro atoms. The molecule has 0 atom stereocenters. The van der Waals surface area contributed by atoms with Crippen molar-refractivity contribution in [3.05, 3.63) is 56.4 Å². The van der Waals surface area contributed by atoms with Crippen molar-refractivity contribution in [2.75, 3.05) is 0 Å². The van der Waals surface area contributed by atoms with E-state index < -0.39 is 11.5 Å². The minimum Gasteiger partial charge on any atom is -0.481 e. The topological polar surface area (TPSA) is 70.2 Å². The maximum atomic E-state index is 11.5. The van der Waals surface area contributed by atoms with Gasteiger partial charge in [0, 0.05) is 27.4 Å². The first-order valence-electron chi connectivity index (χ1n) is 5.36. The highest BCUT2D eigenvalue weighted by Gasteiger charge is 2.10. The Morgan fingerprint density at radius 3 is 2.63 bits per heavy atom. The Labute approximate surface area is 118 Å². The predicted octanol–water partition coefficient (Wildman–Crippen LogP) is 2.98. The van der Waals surface area contributed by atoms with Crippen molar-refractivity contribution < 1.29 is 9.90 Å². The van der Waals surface area contributed by atoms with Gasteiger partial charge in [0.2, 0.25) is 0 Å². The molecule has 0 saturated heterocycles. The molecule has 0 radical (unpaired) electrons. The Hall–Kier alpha value is -1.78. The van der Waals surface area contributed by atoms with Gasteiger partial charge in [-0.05, 0) is 23.8 Å². The molecule has 2 N–H and O–H groups in total. The van der Waals surface area contributed by atoms with E-state index in [1.807, 2.05) is 0 Å². The average molecular weight is 298 g/mol. The summed E-state index contributed by atoms with van der Waals surface area (Å²) in [6, 6.07) is 6.48. The number of rotatable bonds is 3. The lowest BCUT2D eigenvalue weighted by Crippen LogP contribution is -2.15. The van der Waals surface area contributed by atoms with Crippen molar-refractivity contribution in [3.63, 3.8) is 0 Å². The van der Waals surface area contributed by atoms with Gasteiger partial charge in [-0.25, -0.2) is 0 Å². The second kappa shape index (κ2) is 5.47. The molecule has 0 saturated carbocycles. The SMILES string of the molecule is O=C(O)Cc1cc(-c2ccc(Cl)cc2Cl)c[nH]c1=O. The fourth-order valence-corrected chi connectivity index (χ4v) is 2.22. The lowest BCUT2D eigenvalue weighted by Gasteiger charge is -2.06. The van der Waals surface area contributed by atoms with Gasteiger partial charge in [0.05, 0.1) is 6.42 Å². The number of hydrogen-bond donors (Lipinski definition) is 2. The van der Waals surface area contributed by atoms with E-state index in [4.69, 9.17) is 28.3 Å². The number of carbonyl (C=O) groups is 1. The zero-order valence-electron chi connectivity index (χ0n) is 9.61. The fraction of sp³-hybridized carbons (Fsp3) is 0.0769. The third-order valence-electron chi connectivity index (χ3n) is 2.56. The first-order valence-corrected chi connectivity index (χ1v) is 6.12. The molecule has 1 heterocycles. The zero-order valence-corrected chi connectivity index (χ0v) is 11.1. The zero-order chi connectivity index (χ0) is 14.0. The summed E-state index contributed by atoms with van der Waals surface area (Å²) in [6.45, 7) is 0.